The normalized spacial score (nSPS) is 36.2. The van der Waals surface area contributed by atoms with Crippen molar-refractivity contribution in [2.75, 3.05) is 19.8 Å². The summed E-state index contributed by atoms with van der Waals surface area (Å²) < 4.78 is 0. The van der Waals surface area contributed by atoms with Gasteiger partial charge >= 0.3 is 0 Å². The predicted molar refractivity (Wildman–Crippen MR) is 43.4 cm³/mol. The SMILES string of the molecule is CCN1CN2C[C@H](O)C[C@@H]2C1=O. The van der Waals surface area contributed by atoms with Gasteiger partial charge in [-0.3, -0.25) is 9.69 Å². The molecule has 0 saturated carbocycles. The van der Waals surface area contributed by atoms with E-state index in [1.165, 1.54) is 0 Å². The Morgan fingerprint density at radius 3 is 3.00 bits per heavy atom. The second kappa shape index (κ2) is 2.71. The van der Waals surface area contributed by atoms with E-state index in [0.717, 1.165) is 6.54 Å². The number of rotatable bonds is 1. The number of hydrogen-bond acceptors (Lipinski definition) is 3. The van der Waals surface area contributed by atoms with Gasteiger partial charge in [-0.2, -0.15) is 0 Å². The van der Waals surface area contributed by atoms with Gasteiger partial charge in [0.05, 0.1) is 18.8 Å². The van der Waals surface area contributed by atoms with Gasteiger partial charge in [-0.15, -0.1) is 0 Å². The number of hydrogen-bond donors (Lipinski definition) is 1. The molecule has 0 aromatic heterocycles. The summed E-state index contributed by atoms with van der Waals surface area (Å²) in [6, 6.07) is -0.0278. The summed E-state index contributed by atoms with van der Waals surface area (Å²) in [5.74, 6) is 0.189. The molecule has 2 rings (SSSR count). The van der Waals surface area contributed by atoms with Crippen molar-refractivity contribution in [1.82, 2.24) is 9.80 Å². The molecule has 2 heterocycles. The minimum absolute atomic E-state index is 0.0278. The highest BCUT2D eigenvalue weighted by Crippen LogP contribution is 2.25. The molecule has 0 spiro atoms. The Morgan fingerprint density at radius 1 is 1.67 bits per heavy atom. The zero-order valence-electron chi connectivity index (χ0n) is 7.23. The van der Waals surface area contributed by atoms with Crippen molar-refractivity contribution in [3.8, 4) is 0 Å². The standard InChI is InChI=1S/C8H14N2O2/c1-2-9-5-10-4-6(11)3-7(10)8(9)12/h6-7,11H,2-5H2,1H3/t6-,7-/m1/s1. The highest BCUT2D eigenvalue weighted by molar-refractivity contribution is 5.84. The van der Waals surface area contributed by atoms with Crippen LogP contribution in [0.3, 0.4) is 0 Å². The molecule has 2 aliphatic heterocycles. The fourth-order valence-electron chi connectivity index (χ4n) is 2.05. The Labute approximate surface area is 71.8 Å². The topological polar surface area (TPSA) is 43.8 Å². The second-order valence-corrected chi connectivity index (χ2v) is 3.51. The first-order chi connectivity index (χ1) is 5.72. The van der Waals surface area contributed by atoms with E-state index >= 15 is 0 Å². The first-order valence-electron chi connectivity index (χ1n) is 4.43. The fourth-order valence-corrected chi connectivity index (χ4v) is 2.05. The first-order valence-corrected chi connectivity index (χ1v) is 4.43. The molecular weight excluding hydrogens is 156 g/mol. The predicted octanol–water partition coefficient (Wildman–Crippen LogP) is -0.759. The molecule has 2 aliphatic rings. The molecule has 4 heteroatoms. The zero-order valence-corrected chi connectivity index (χ0v) is 7.23. The third-order valence-electron chi connectivity index (χ3n) is 2.71. The molecule has 12 heavy (non-hydrogen) atoms. The number of nitrogens with zero attached hydrogens (tertiary/aromatic N) is 2. The molecule has 2 fully saturated rings. The molecule has 0 radical (unpaired) electrons. The van der Waals surface area contributed by atoms with Crippen LogP contribution < -0.4 is 0 Å². The van der Waals surface area contributed by atoms with E-state index in [2.05, 4.69) is 4.90 Å². The average Bonchev–Trinajstić information content (AvgIpc) is 2.51. The largest absolute Gasteiger partial charge is 0.392 e. The van der Waals surface area contributed by atoms with Crippen molar-refractivity contribution in [3.05, 3.63) is 0 Å². The third-order valence-corrected chi connectivity index (χ3v) is 2.71. The summed E-state index contributed by atoms with van der Waals surface area (Å²) in [4.78, 5) is 15.4. The number of aliphatic hydroxyl groups excluding tert-OH is 1. The average molecular weight is 170 g/mol. The summed E-state index contributed by atoms with van der Waals surface area (Å²) in [7, 11) is 0. The van der Waals surface area contributed by atoms with Gasteiger partial charge < -0.3 is 10.0 Å². The van der Waals surface area contributed by atoms with Crippen molar-refractivity contribution >= 4 is 5.91 Å². The molecule has 0 aromatic carbocycles. The summed E-state index contributed by atoms with van der Waals surface area (Å²) >= 11 is 0. The van der Waals surface area contributed by atoms with Gasteiger partial charge in [0.2, 0.25) is 5.91 Å². The molecule has 0 aliphatic carbocycles. The lowest BCUT2D eigenvalue weighted by Crippen LogP contribution is -2.30. The molecule has 0 aromatic rings. The molecule has 2 saturated heterocycles. The number of carbonyl (C=O) groups excluding carboxylic acids is 1. The van der Waals surface area contributed by atoms with E-state index in [9.17, 15) is 9.90 Å². The van der Waals surface area contributed by atoms with Crippen molar-refractivity contribution in [3.63, 3.8) is 0 Å². The molecule has 2 atom stereocenters. The van der Waals surface area contributed by atoms with Crippen LogP contribution in [0.15, 0.2) is 0 Å². The molecule has 4 nitrogen and oxygen atoms in total. The second-order valence-electron chi connectivity index (χ2n) is 3.51. The molecule has 1 N–H and O–H groups in total. The van der Waals surface area contributed by atoms with Crippen LogP contribution in [0, 0.1) is 0 Å². The Balaban J connectivity index is 2.08. The highest BCUT2D eigenvalue weighted by Gasteiger charge is 2.43. The fraction of sp³-hybridized carbons (Fsp3) is 0.875. The highest BCUT2D eigenvalue weighted by atomic mass is 16.3. The van der Waals surface area contributed by atoms with Crippen molar-refractivity contribution in [2.24, 2.45) is 0 Å². The Hall–Kier alpha value is -0.610. The molecule has 1 amide bonds. The van der Waals surface area contributed by atoms with E-state index < -0.39 is 0 Å². The van der Waals surface area contributed by atoms with E-state index in [-0.39, 0.29) is 18.1 Å². The molecule has 0 unspecified atom stereocenters. The van der Waals surface area contributed by atoms with Gasteiger partial charge in [0, 0.05) is 13.1 Å². The maximum Gasteiger partial charge on any atom is 0.241 e. The van der Waals surface area contributed by atoms with E-state index in [0.29, 0.717) is 19.6 Å². The van der Waals surface area contributed by atoms with Gasteiger partial charge in [0.1, 0.15) is 0 Å². The van der Waals surface area contributed by atoms with Crippen LogP contribution >= 0.6 is 0 Å². The summed E-state index contributed by atoms with van der Waals surface area (Å²) in [6.45, 7) is 4.13. The number of carbonyl (C=O) groups is 1. The third kappa shape index (κ3) is 1.03. The minimum atomic E-state index is -0.294. The van der Waals surface area contributed by atoms with Crippen LogP contribution in [0.5, 0.6) is 0 Å². The van der Waals surface area contributed by atoms with Crippen LogP contribution in [-0.2, 0) is 4.79 Å². The first kappa shape index (κ1) is 8.01. The van der Waals surface area contributed by atoms with Gasteiger partial charge in [-0.25, -0.2) is 0 Å². The number of fused-ring (bicyclic) bond motifs is 1. The van der Waals surface area contributed by atoms with Crippen molar-refractivity contribution < 1.29 is 9.90 Å². The maximum atomic E-state index is 11.5. The lowest BCUT2D eigenvalue weighted by Gasteiger charge is -2.15. The van der Waals surface area contributed by atoms with Crippen LogP contribution in [0.1, 0.15) is 13.3 Å². The van der Waals surface area contributed by atoms with Gasteiger partial charge in [0.15, 0.2) is 0 Å². The van der Waals surface area contributed by atoms with Gasteiger partial charge in [0.25, 0.3) is 0 Å². The number of likely N-dealkylation sites (N-methyl/N-ethyl adjacent to an activating group) is 1. The lowest BCUT2D eigenvalue weighted by molar-refractivity contribution is -0.129. The maximum absolute atomic E-state index is 11.5. The number of aliphatic hydroxyl groups is 1. The van der Waals surface area contributed by atoms with E-state index in [1.54, 1.807) is 0 Å². The van der Waals surface area contributed by atoms with Gasteiger partial charge in [-0.05, 0) is 13.3 Å². The Morgan fingerprint density at radius 2 is 2.42 bits per heavy atom. The Kier molecular flexibility index (Phi) is 1.81. The molecule has 68 valence electrons. The lowest BCUT2D eigenvalue weighted by atomic mass is 10.2. The van der Waals surface area contributed by atoms with E-state index in [1.807, 2.05) is 11.8 Å². The summed E-state index contributed by atoms with van der Waals surface area (Å²) in [5, 5.41) is 9.30. The van der Waals surface area contributed by atoms with Gasteiger partial charge in [-0.1, -0.05) is 0 Å². The molecule has 0 bridgehead atoms. The summed E-state index contributed by atoms with van der Waals surface area (Å²) in [5.41, 5.74) is 0. The zero-order chi connectivity index (χ0) is 8.72. The Bertz CT molecular complexity index is 207. The smallest absolute Gasteiger partial charge is 0.241 e. The van der Waals surface area contributed by atoms with Crippen LogP contribution in [0.25, 0.3) is 0 Å². The number of amides is 1. The van der Waals surface area contributed by atoms with Crippen LogP contribution in [0.4, 0.5) is 0 Å². The monoisotopic (exact) mass is 170 g/mol. The quantitative estimate of drug-likeness (QED) is 0.562. The molecular formula is C8H14N2O2. The van der Waals surface area contributed by atoms with Crippen LogP contribution in [0.2, 0.25) is 0 Å². The van der Waals surface area contributed by atoms with E-state index in [4.69, 9.17) is 0 Å². The summed E-state index contributed by atoms with van der Waals surface area (Å²) in [6.07, 6.45) is 0.327. The minimum Gasteiger partial charge on any atom is -0.392 e. The van der Waals surface area contributed by atoms with Crippen molar-refractivity contribution in [2.45, 2.75) is 25.5 Å². The van der Waals surface area contributed by atoms with Crippen molar-refractivity contribution in [1.29, 1.82) is 0 Å². The van der Waals surface area contributed by atoms with Crippen LogP contribution in [-0.4, -0.2) is 52.7 Å².